The van der Waals surface area contributed by atoms with E-state index in [9.17, 15) is 9.59 Å². The Morgan fingerprint density at radius 2 is 1.96 bits per heavy atom. The van der Waals surface area contributed by atoms with E-state index in [0.717, 1.165) is 41.0 Å². The molecular formula is C21H22N4O2S. The molecule has 0 saturated carbocycles. The number of fused-ring (bicyclic) bond motifs is 1. The van der Waals surface area contributed by atoms with Crippen LogP contribution < -0.4 is 11.1 Å². The summed E-state index contributed by atoms with van der Waals surface area (Å²) in [5.41, 5.74) is 8.28. The Morgan fingerprint density at radius 1 is 1.18 bits per heavy atom. The summed E-state index contributed by atoms with van der Waals surface area (Å²) in [5, 5.41) is 4.03. The van der Waals surface area contributed by atoms with Gasteiger partial charge in [0.25, 0.3) is 0 Å². The van der Waals surface area contributed by atoms with Crippen molar-refractivity contribution >= 4 is 39.2 Å². The number of amides is 3. The molecule has 1 aromatic heterocycles. The molecule has 0 bridgehead atoms. The first-order chi connectivity index (χ1) is 13.6. The van der Waals surface area contributed by atoms with Crippen LogP contribution >= 0.6 is 11.3 Å². The van der Waals surface area contributed by atoms with Crippen LogP contribution in [0.3, 0.4) is 0 Å². The first-order valence-electron chi connectivity index (χ1n) is 9.37. The van der Waals surface area contributed by atoms with Crippen molar-refractivity contribution in [3.63, 3.8) is 0 Å². The molecule has 2 aromatic carbocycles. The highest BCUT2D eigenvalue weighted by atomic mass is 32.1. The second-order valence-electron chi connectivity index (χ2n) is 7.06. The van der Waals surface area contributed by atoms with E-state index in [1.54, 1.807) is 11.3 Å². The van der Waals surface area contributed by atoms with E-state index in [1.807, 2.05) is 42.5 Å². The summed E-state index contributed by atoms with van der Waals surface area (Å²) in [5.74, 6) is -0.284. The number of rotatable bonds is 4. The smallest absolute Gasteiger partial charge is 0.314 e. The van der Waals surface area contributed by atoms with Crippen LogP contribution in [0.15, 0.2) is 48.5 Å². The van der Waals surface area contributed by atoms with Crippen LogP contribution in [0.1, 0.15) is 23.4 Å². The highest BCUT2D eigenvalue weighted by Crippen LogP contribution is 2.24. The molecule has 4 rings (SSSR count). The van der Waals surface area contributed by atoms with Gasteiger partial charge in [-0.1, -0.05) is 24.3 Å². The number of nitrogens with two attached hydrogens (primary N) is 1. The van der Waals surface area contributed by atoms with Crippen molar-refractivity contribution in [3.05, 3.63) is 59.1 Å². The SMILES string of the molecule is NC(=O)N1CCC[C@H](C(=O)Nc2ccc(Cc3nc4ccccc4s3)cc2)C1. The Labute approximate surface area is 167 Å². The van der Waals surface area contributed by atoms with E-state index in [2.05, 4.69) is 16.4 Å². The quantitative estimate of drug-likeness (QED) is 0.708. The number of hydrogen-bond donors (Lipinski definition) is 2. The van der Waals surface area contributed by atoms with Crippen molar-refractivity contribution in [3.8, 4) is 0 Å². The van der Waals surface area contributed by atoms with Gasteiger partial charge < -0.3 is 16.0 Å². The molecule has 144 valence electrons. The Kier molecular flexibility index (Phi) is 5.25. The number of piperidine rings is 1. The van der Waals surface area contributed by atoms with Crippen molar-refractivity contribution in [1.82, 2.24) is 9.88 Å². The number of para-hydroxylation sites is 1. The lowest BCUT2D eigenvalue weighted by atomic mass is 9.97. The van der Waals surface area contributed by atoms with E-state index in [-0.39, 0.29) is 11.8 Å². The number of benzene rings is 2. The molecule has 1 aliphatic heterocycles. The Bertz CT molecular complexity index is 966. The molecule has 3 amide bonds. The molecule has 0 radical (unpaired) electrons. The molecule has 1 saturated heterocycles. The van der Waals surface area contributed by atoms with Crippen molar-refractivity contribution < 1.29 is 9.59 Å². The molecule has 0 spiro atoms. The lowest BCUT2D eigenvalue weighted by Crippen LogP contribution is -2.46. The first-order valence-corrected chi connectivity index (χ1v) is 10.2. The molecule has 1 fully saturated rings. The summed E-state index contributed by atoms with van der Waals surface area (Å²) in [6, 6.07) is 15.5. The third-order valence-corrected chi connectivity index (χ3v) is 6.06. The van der Waals surface area contributed by atoms with Crippen LogP contribution in [0.5, 0.6) is 0 Å². The zero-order chi connectivity index (χ0) is 19.5. The van der Waals surface area contributed by atoms with E-state index in [4.69, 9.17) is 5.73 Å². The molecule has 1 aliphatic rings. The number of nitrogens with one attached hydrogen (secondary N) is 1. The van der Waals surface area contributed by atoms with Crippen molar-refractivity contribution in [2.24, 2.45) is 11.7 Å². The van der Waals surface area contributed by atoms with Crippen molar-refractivity contribution in [2.45, 2.75) is 19.3 Å². The van der Waals surface area contributed by atoms with Crippen molar-refractivity contribution in [1.29, 1.82) is 0 Å². The number of hydrogen-bond acceptors (Lipinski definition) is 4. The van der Waals surface area contributed by atoms with E-state index >= 15 is 0 Å². The van der Waals surface area contributed by atoms with E-state index in [1.165, 1.54) is 9.60 Å². The van der Waals surface area contributed by atoms with E-state index < -0.39 is 6.03 Å². The molecule has 2 heterocycles. The number of carbonyl (C=O) groups is 2. The van der Waals surface area contributed by atoms with Gasteiger partial charge in [0.2, 0.25) is 5.91 Å². The predicted octanol–water partition coefficient (Wildman–Crippen LogP) is 3.62. The summed E-state index contributed by atoms with van der Waals surface area (Å²) in [6.45, 7) is 1.01. The minimum absolute atomic E-state index is 0.0649. The highest BCUT2D eigenvalue weighted by molar-refractivity contribution is 7.18. The van der Waals surface area contributed by atoms with Crippen LogP contribution in [-0.4, -0.2) is 34.9 Å². The van der Waals surface area contributed by atoms with Gasteiger partial charge in [0.05, 0.1) is 21.1 Å². The van der Waals surface area contributed by atoms with Gasteiger partial charge in [-0.2, -0.15) is 0 Å². The van der Waals surface area contributed by atoms with Crippen LogP contribution in [0.2, 0.25) is 0 Å². The second kappa shape index (κ2) is 7.98. The fourth-order valence-electron chi connectivity index (χ4n) is 3.51. The fraction of sp³-hybridized carbons (Fsp3) is 0.286. The average Bonchev–Trinajstić information content (AvgIpc) is 3.12. The third-order valence-electron chi connectivity index (χ3n) is 5.02. The maximum absolute atomic E-state index is 12.5. The molecular weight excluding hydrogens is 372 g/mol. The van der Waals surface area contributed by atoms with Crippen LogP contribution in [-0.2, 0) is 11.2 Å². The maximum Gasteiger partial charge on any atom is 0.314 e. The Morgan fingerprint density at radius 3 is 2.71 bits per heavy atom. The summed E-state index contributed by atoms with van der Waals surface area (Å²) >= 11 is 1.70. The van der Waals surface area contributed by atoms with Gasteiger partial charge in [0, 0.05) is 25.2 Å². The lowest BCUT2D eigenvalue weighted by molar-refractivity contribution is -0.121. The Balaban J connectivity index is 1.37. The van der Waals surface area contributed by atoms with Gasteiger partial charge in [-0.05, 0) is 42.7 Å². The highest BCUT2D eigenvalue weighted by Gasteiger charge is 2.27. The van der Waals surface area contributed by atoms with Gasteiger partial charge in [0.1, 0.15) is 0 Å². The fourth-order valence-corrected chi connectivity index (χ4v) is 4.51. The average molecular weight is 395 g/mol. The summed E-state index contributed by atoms with van der Waals surface area (Å²) in [4.78, 5) is 30.1. The standard InChI is InChI=1S/C21H22N4O2S/c22-21(27)25-11-3-4-15(13-25)20(26)23-16-9-7-14(8-10-16)12-19-24-17-5-1-2-6-18(17)28-19/h1-2,5-10,15H,3-4,11-13H2,(H2,22,27)(H,23,26)/t15-/m0/s1. The van der Waals surface area contributed by atoms with Crippen LogP contribution in [0.4, 0.5) is 10.5 Å². The van der Waals surface area contributed by atoms with E-state index in [0.29, 0.717) is 13.1 Å². The summed E-state index contributed by atoms with van der Waals surface area (Å²) < 4.78 is 1.19. The first kappa shape index (κ1) is 18.4. The molecule has 3 N–H and O–H groups in total. The zero-order valence-electron chi connectivity index (χ0n) is 15.4. The molecule has 0 unspecified atom stereocenters. The third kappa shape index (κ3) is 4.14. The number of primary amides is 1. The topological polar surface area (TPSA) is 88.3 Å². The lowest BCUT2D eigenvalue weighted by Gasteiger charge is -2.30. The van der Waals surface area contributed by atoms with Gasteiger partial charge >= 0.3 is 6.03 Å². The molecule has 7 heteroatoms. The number of urea groups is 1. The number of nitrogens with zero attached hydrogens (tertiary/aromatic N) is 2. The van der Waals surface area contributed by atoms with Crippen molar-refractivity contribution in [2.75, 3.05) is 18.4 Å². The minimum Gasteiger partial charge on any atom is -0.351 e. The normalized spacial score (nSPS) is 16.9. The van der Waals surface area contributed by atoms with Crippen LogP contribution in [0.25, 0.3) is 10.2 Å². The predicted molar refractivity (Wildman–Crippen MR) is 111 cm³/mol. The largest absolute Gasteiger partial charge is 0.351 e. The number of thiazole rings is 1. The number of carbonyl (C=O) groups excluding carboxylic acids is 2. The summed E-state index contributed by atoms with van der Waals surface area (Å²) in [6.07, 6.45) is 2.33. The van der Waals surface area contributed by atoms with Gasteiger partial charge in [-0.15, -0.1) is 11.3 Å². The van der Waals surface area contributed by atoms with Crippen LogP contribution in [0, 0.1) is 5.92 Å². The summed E-state index contributed by atoms with van der Waals surface area (Å²) in [7, 11) is 0. The Hall–Kier alpha value is -2.93. The molecule has 6 nitrogen and oxygen atoms in total. The minimum atomic E-state index is -0.461. The second-order valence-corrected chi connectivity index (χ2v) is 8.18. The van der Waals surface area contributed by atoms with Gasteiger partial charge in [-0.25, -0.2) is 9.78 Å². The van der Waals surface area contributed by atoms with Gasteiger partial charge in [-0.3, -0.25) is 4.79 Å². The molecule has 0 aliphatic carbocycles. The molecule has 28 heavy (non-hydrogen) atoms. The molecule has 3 aromatic rings. The monoisotopic (exact) mass is 394 g/mol. The molecule has 1 atom stereocenters. The number of anilines is 1. The number of likely N-dealkylation sites (tertiary alicyclic amines) is 1. The number of aromatic nitrogens is 1. The maximum atomic E-state index is 12.5. The zero-order valence-corrected chi connectivity index (χ0v) is 16.2. The van der Waals surface area contributed by atoms with Gasteiger partial charge in [0.15, 0.2) is 0 Å².